The molecule has 3 nitrogen and oxygen atoms in total. The summed E-state index contributed by atoms with van der Waals surface area (Å²) in [5.41, 5.74) is 6.53. The minimum Gasteiger partial charge on any atom is -0.486 e. The highest BCUT2D eigenvalue weighted by Gasteiger charge is 2.24. The minimum atomic E-state index is -0.177. The van der Waals surface area contributed by atoms with Gasteiger partial charge in [0.1, 0.15) is 11.9 Å². The van der Waals surface area contributed by atoms with E-state index in [9.17, 15) is 4.79 Å². The van der Waals surface area contributed by atoms with E-state index in [4.69, 9.17) is 4.74 Å². The number of rotatable bonds is 5. The number of carbonyl (C=O) groups excluding carboxylic acids is 1. The van der Waals surface area contributed by atoms with Gasteiger partial charge in [-0.25, -0.2) is 0 Å². The quantitative estimate of drug-likeness (QED) is 0.761. The van der Waals surface area contributed by atoms with Crippen molar-refractivity contribution in [1.82, 2.24) is 0 Å². The zero-order chi connectivity index (χ0) is 17.1. The van der Waals surface area contributed by atoms with Crippen molar-refractivity contribution in [2.75, 3.05) is 7.11 Å². The third-order valence-corrected chi connectivity index (χ3v) is 4.83. The average Bonchev–Trinajstić information content (AvgIpc) is 2.96. The number of esters is 1. The summed E-state index contributed by atoms with van der Waals surface area (Å²) in [6.45, 7) is 4.32. The number of methoxy groups -OCH3 is 1. The van der Waals surface area contributed by atoms with E-state index in [0.29, 0.717) is 12.8 Å². The van der Waals surface area contributed by atoms with Gasteiger partial charge in [0.2, 0.25) is 0 Å². The monoisotopic (exact) mass is 324 g/mol. The van der Waals surface area contributed by atoms with Crippen LogP contribution >= 0.6 is 0 Å². The third-order valence-electron chi connectivity index (χ3n) is 4.83. The van der Waals surface area contributed by atoms with Gasteiger partial charge >= 0.3 is 5.97 Å². The van der Waals surface area contributed by atoms with Crippen molar-refractivity contribution >= 4 is 5.97 Å². The van der Waals surface area contributed by atoms with Crippen molar-refractivity contribution in [3.8, 4) is 5.75 Å². The highest BCUT2D eigenvalue weighted by molar-refractivity contribution is 5.69. The normalized spacial score (nSPS) is 15.9. The van der Waals surface area contributed by atoms with E-state index in [0.717, 1.165) is 24.2 Å². The highest BCUT2D eigenvalue weighted by Crippen LogP contribution is 2.36. The second kappa shape index (κ2) is 7.08. The van der Waals surface area contributed by atoms with Crippen LogP contribution in [0, 0.1) is 13.8 Å². The van der Waals surface area contributed by atoms with Gasteiger partial charge in [-0.2, -0.15) is 0 Å². The molecule has 24 heavy (non-hydrogen) atoms. The summed E-state index contributed by atoms with van der Waals surface area (Å²) in [5, 5.41) is 0. The van der Waals surface area contributed by atoms with E-state index in [1.54, 1.807) is 0 Å². The van der Waals surface area contributed by atoms with Gasteiger partial charge in [0.05, 0.1) is 7.11 Å². The van der Waals surface area contributed by atoms with Crippen molar-refractivity contribution < 1.29 is 14.3 Å². The number of aryl methyl sites for hydroxylation is 4. The molecular weight excluding hydrogens is 300 g/mol. The summed E-state index contributed by atoms with van der Waals surface area (Å²) >= 11 is 0. The van der Waals surface area contributed by atoms with Crippen LogP contribution in [0.3, 0.4) is 0 Å². The molecule has 0 bridgehead atoms. The lowest BCUT2D eigenvalue weighted by Gasteiger charge is -2.16. The first-order valence-electron chi connectivity index (χ1n) is 8.49. The van der Waals surface area contributed by atoms with Gasteiger partial charge < -0.3 is 9.47 Å². The van der Waals surface area contributed by atoms with Gasteiger partial charge in [0, 0.05) is 6.42 Å². The Hall–Kier alpha value is -2.29. The molecule has 0 fully saturated rings. The molecule has 1 aliphatic rings. The molecule has 0 N–H and O–H groups in total. The number of benzene rings is 2. The van der Waals surface area contributed by atoms with Crippen LogP contribution in [0.1, 0.15) is 46.8 Å². The molecule has 0 amide bonds. The number of fused-ring (bicyclic) bond motifs is 1. The Bertz CT molecular complexity index is 731. The maximum atomic E-state index is 11.2. The van der Waals surface area contributed by atoms with Crippen molar-refractivity contribution in [1.29, 1.82) is 0 Å². The average molecular weight is 324 g/mol. The molecule has 0 aliphatic heterocycles. The SMILES string of the molecule is COC(=O)CCc1ccc(OC2CCc3cc(C)c(C)cc32)cc1. The fraction of sp³-hybridized carbons (Fsp3) is 0.381. The number of carbonyl (C=O) groups is 1. The molecule has 0 heterocycles. The predicted molar refractivity (Wildman–Crippen MR) is 94.4 cm³/mol. The standard InChI is InChI=1S/C21H24O3/c1-14-12-17-7-10-20(19(17)13-15(14)2)24-18-8-4-16(5-9-18)6-11-21(22)23-3/h4-5,8-9,12-13,20H,6-7,10-11H2,1-3H3. The van der Waals surface area contributed by atoms with Crippen LogP contribution < -0.4 is 4.74 Å². The molecule has 0 saturated carbocycles. The molecular formula is C21H24O3. The zero-order valence-electron chi connectivity index (χ0n) is 14.6. The van der Waals surface area contributed by atoms with E-state index < -0.39 is 0 Å². The Labute approximate surface area is 143 Å². The lowest BCUT2D eigenvalue weighted by Crippen LogP contribution is -2.04. The highest BCUT2D eigenvalue weighted by atomic mass is 16.5. The molecule has 3 heteroatoms. The largest absolute Gasteiger partial charge is 0.486 e. The van der Waals surface area contributed by atoms with Crippen LogP contribution in [0.2, 0.25) is 0 Å². The summed E-state index contributed by atoms with van der Waals surface area (Å²) in [4.78, 5) is 11.2. The van der Waals surface area contributed by atoms with Crippen LogP contribution in [0.4, 0.5) is 0 Å². The molecule has 0 aromatic heterocycles. The van der Waals surface area contributed by atoms with Crippen LogP contribution in [-0.4, -0.2) is 13.1 Å². The summed E-state index contributed by atoms with van der Waals surface area (Å²) in [5.74, 6) is 0.705. The van der Waals surface area contributed by atoms with Crippen LogP contribution in [0.5, 0.6) is 5.75 Å². The second-order valence-corrected chi connectivity index (χ2v) is 6.50. The molecule has 2 aromatic rings. The Balaban J connectivity index is 1.66. The van der Waals surface area contributed by atoms with Crippen molar-refractivity contribution in [3.63, 3.8) is 0 Å². The molecule has 1 unspecified atom stereocenters. The van der Waals surface area contributed by atoms with E-state index in [2.05, 4.69) is 30.7 Å². The zero-order valence-corrected chi connectivity index (χ0v) is 14.6. The first kappa shape index (κ1) is 16.6. The summed E-state index contributed by atoms with van der Waals surface area (Å²) in [6, 6.07) is 12.6. The first-order chi connectivity index (χ1) is 11.6. The number of hydrogen-bond acceptors (Lipinski definition) is 3. The van der Waals surface area contributed by atoms with E-state index in [1.807, 2.05) is 24.3 Å². The Morgan fingerprint density at radius 1 is 1.12 bits per heavy atom. The lowest BCUT2D eigenvalue weighted by atomic mass is 10.0. The fourth-order valence-corrected chi connectivity index (χ4v) is 3.23. The molecule has 1 atom stereocenters. The Kier molecular flexibility index (Phi) is 4.89. The van der Waals surface area contributed by atoms with Gasteiger partial charge in [0.15, 0.2) is 0 Å². The molecule has 126 valence electrons. The third kappa shape index (κ3) is 3.61. The van der Waals surface area contributed by atoms with Crippen molar-refractivity contribution in [3.05, 3.63) is 64.2 Å². The van der Waals surface area contributed by atoms with Gasteiger partial charge in [-0.05, 0) is 73.1 Å². The second-order valence-electron chi connectivity index (χ2n) is 6.50. The maximum Gasteiger partial charge on any atom is 0.305 e. The number of hydrogen-bond donors (Lipinski definition) is 0. The summed E-state index contributed by atoms with van der Waals surface area (Å²) in [6.07, 6.45) is 3.35. The van der Waals surface area contributed by atoms with E-state index >= 15 is 0 Å². The van der Waals surface area contributed by atoms with Gasteiger partial charge in [0.25, 0.3) is 0 Å². The molecule has 2 aromatic carbocycles. The smallest absolute Gasteiger partial charge is 0.305 e. The maximum absolute atomic E-state index is 11.2. The van der Waals surface area contributed by atoms with Gasteiger partial charge in [-0.3, -0.25) is 4.79 Å². The minimum absolute atomic E-state index is 0.139. The van der Waals surface area contributed by atoms with Crippen LogP contribution in [0.15, 0.2) is 36.4 Å². The van der Waals surface area contributed by atoms with Crippen LogP contribution in [-0.2, 0) is 22.4 Å². The van der Waals surface area contributed by atoms with Crippen molar-refractivity contribution in [2.45, 2.75) is 45.6 Å². The fourth-order valence-electron chi connectivity index (χ4n) is 3.23. The predicted octanol–water partition coefficient (Wildman–Crippen LogP) is 4.48. The number of ether oxygens (including phenoxy) is 2. The molecule has 0 saturated heterocycles. The van der Waals surface area contributed by atoms with Crippen molar-refractivity contribution in [2.24, 2.45) is 0 Å². The summed E-state index contributed by atoms with van der Waals surface area (Å²) in [7, 11) is 1.42. The molecule has 0 spiro atoms. The first-order valence-corrected chi connectivity index (χ1v) is 8.49. The molecule has 0 radical (unpaired) electrons. The Morgan fingerprint density at radius 2 is 1.83 bits per heavy atom. The molecule has 1 aliphatic carbocycles. The topological polar surface area (TPSA) is 35.5 Å². The molecule has 3 rings (SSSR count). The van der Waals surface area contributed by atoms with Gasteiger partial charge in [-0.1, -0.05) is 24.3 Å². The summed E-state index contributed by atoms with van der Waals surface area (Å²) < 4.78 is 10.9. The Morgan fingerprint density at radius 3 is 2.54 bits per heavy atom. The van der Waals surface area contributed by atoms with Crippen LogP contribution in [0.25, 0.3) is 0 Å². The van der Waals surface area contributed by atoms with E-state index in [1.165, 1.54) is 29.4 Å². The lowest BCUT2D eigenvalue weighted by molar-refractivity contribution is -0.140. The van der Waals surface area contributed by atoms with Gasteiger partial charge in [-0.15, -0.1) is 0 Å². The van der Waals surface area contributed by atoms with E-state index in [-0.39, 0.29) is 12.1 Å².